The van der Waals surface area contributed by atoms with Gasteiger partial charge in [0, 0.05) is 12.3 Å². The van der Waals surface area contributed by atoms with E-state index in [4.69, 9.17) is 4.74 Å². The van der Waals surface area contributed by atoms with Gasteiger partial charge in [0.25, 0.3) is 0 Å². The molecule has 4 aliphatic carbocycles. The largest absolute Gasteiger partial charge is 0.465 e. The Balaban J connectivity index is 1.68. The first kappa shape index (κ1) is 16.6. The lowest BCUT2D eigenvalue weighted by Crippen LogP contribution is -2.52. The van der Waals surface area contributed by atoms with Crippen molar-refractivity contribution in [3.8, 4) is 0 Å². The van der Waals surface area contributed by atoms with Crippen LogP contribution >= 0.6 is 0 Å². The molecule has 6 atom stereocenters. The lowest BCUT2D eigenvalue weighted by molar-refractivity contribution is -0.149. The average Bonchev–Trinajstić information content (AvgIpc) is 2.94. The summed E-state index contributed by atoms with van der Waals surface area (Å²) < 4.78 is 5.60. The Hall–Kier alpha value is -0.830. The SMILES string of the molecule is CC(=O)OC[C@]12CCC(O)CC1=CC[C@@H]1[C@H]2CC[C@]2(C)CCC[C@@H]12. The van der Waals surface area contributed by atoms with Crippen LogP contribution in [0.25, 0.3) is 0 Å². The average molecular weight is 332 g/mol. The summed E-state index contributed by atoms with van der Waals surface area (Å²) in [4.78, 5) is 11.5. The Morgan fingerprint density at radius 3 is 2.88 bits per heavy atom. The number of fused-ring (bicyclic) bond motifs is 5. The molecular weight excluding hydrogens is 300 g/mol. The molecular formula is C21H32O3. The molecule has 4 aliphatic rings. The molecule has 0 saturated heterocycles. The zero-order chi connectivity index (χ0) is 16.9. The summed E-state index contributed by atoms with van der Waals surface area (Å²) in [7, 11) is 0. The molecule has 0 radical (unpaired) electrons. The van der Waals surface area contributed by atoms with Crippen LogP contribution in [0.3, 0.4) is 0 Å². The normalized spacial score (nSPS) is 47.2. The molecule has 0 amide bonds. The molecule has 3 heteroatoms. The maximum absolute atomic E-state index is 11.5. The van der Waals surface area contributed by atoms with E-state index in [9.17, 15) is 9.90 Å². The second-order valence-electron chi connectivity index (χ2n) is 9.26. The number of esters is 1. The predicted octanol–water partition coefficient (Wildman–Crippen LogP) is 4.24. The number of carbonyl (C=O) groups is 1. The van der Waals surface area contributed by atoms with Crippen molar-refractivity contribution < 1.29 is 14.6 Å². The van der Waals surface area contributed by atoms with E-state index >= 15 is 0 Å². The van der Waals surface area contributed by atoms with E-state index < -0.39 is 0 Å². The highest BCUT2D eigenvalue weighted by atomic mass is 16.5. The third kappa shape index (κ3) is 2.46. The fourth-order valence-corrected chi connectivity index (χ4v) is 6.93. The number of aliphatic hydroxyl groups is 1. The molecule has 0 aromatic rings. The van der Waals surface area contributed by atoms with E-state index in [1.54, 1.807) is 0 Å². The second-order valence-corrected chi connectivity index (χ2v) is 9.26. The van der Waals surface area contributed by atoms with Gasteiger partial charge in [0.05, 0.1) is 6.10 Å². The van der Waals surface area contributed by atoms with E-state index in [2.05, 4.69) is 13.0 Å². The summed E-state index contributed by atoms with van der Waals surface area (Å²) in [5.74, 6) is 2.06. The van der Waals surface area contributed by atoms with Gasteiger partial charge in [0.15, 0.2) is 0 Å². The van der Waals surface area contributed by atoms with Gasteiger partial charge in [-0.25, -0.2) is 0 Å². The highest BCUT2D eigenvalue weighted by molar-refractivity contribution is 5.66. The quantitative estimate of drug-likeness (QED) is 0.607. The lowest BCUT2D eigenvalue weighted by Gasteiger charge is -2.58. The fourth-order valence-electron chi connectivity index (χ4n) is 6.93. The Morgan fingerprint density at radius 1 is 1.25 bits per heavy atom. The van der Waals surface area contributed by atoms with Gasteiger partial charge in [-0.2, -0.15) is 0 Å². The molecule has 1 N–H and O–H groups in total. The Labute approximate surface area is 145 Å². The first-order chi connectivity index (χ1) is 11.4. The summed E-state index contributed by atoms with van der Waals surface area (Å²) in [5.41, 5.74) is 1.95. The van der Waals surface area contributed by atoms with Crippen LogP contribution in [0.5, 0.6) is 0 Å². The van der Waals surface area contributed by atoms with Crippen LogP contribution in [0.15, 0.2) is 11.6 Å². The zero-order valence-corrected chi connectivity index (χ0v) is 15.2. The summed E-state index contributed by atoms with van der Waals surface area (Å²) in [6, 6.07) is 0. The first-order valence-electron chi connectivity index (χ1n) is 9.96. The van der Waals surface area contributed by atoms with Gasteiger partial charge >= 0.3 is 5.97 Å². The molecule has 0 aromatic heterocycles. The van der Waals surface area contributed by atoms with Crippen LogP contribution in [0, 0.1) is 28.6 Å². The molecule has 24 heavy (non-hydrogen) atoms. The van der Waals surface area contributed by atoms with Gasteiger partial charge in [0.1, 0.15) is 6.61 Å². The van der Waals surface area contributed by atoms with Gasteiger partial charge in [-0.05, 0) is 74.5 Å². The van der Waals surface area contributed by atoms with Gasteiger partial charge in [-0.1, -0.05) is 25.0 Å². The predicted molar refractivity (Wildman–Crippen MR) is 93.3 cm³/mol. The lowest BCUT2D eigenvalue weighted by atomic mass is 9.47. The van der Waals surface area contributed by atoms with Crippen LogP contribution in [0.2, 0.25) is 0 Å². The summed E-state index contributed by atoms with van der Waals surface area (Å²) >= 11 is 0. The molecule has 0 bridgehead atoms. The molecule has 0 aromatic carbocycles. The Kier molecular flexibility index (Phi) is 4.06. The number of hydrogen-bond donors (Lipinski definition) is 1. The van der Waals surface area contributed by atoms with Crippen molar-refractivity contribution in [1.82, 2.24) is 0 Å². The standard InChI is InChI=1S/C21H32O3/c1-14(22)24-13-21-11-7-16(23)12-15(21)5-6-17-18-4-3-9-20(18,2)10-8-19(17)21/h5,16-19,23H,3-4,6-13H2,1-2H3/t16?,17-,18-,19+,20-,21+/m0/s1. The Bertz CT molecular complexity index is 553. The van der Waals surface area contributed by atoms with Crippen molar-refractivity contribution in [2.24, 2.45) is 28.6 Å². The number of carbonyl (C=O) groups excluding carboxylic acids is 1. The van der Waals surface area contributed by atoms with Gasteiger partial charge in [-0.15, -0.1) is 0 Å². The van der Waals surface area contributed by atoms with Crippen LogP contribution in [-0.4, -0.2) is 23.8 Å². The van der Waals surface area contributed by atoms with Crippen LogP contribution < -0.4 is 0 Å². The molecule has 3 fully saturated rings. The van der Waals surface area contributed by atoms with Crippen molar-refractivity contribution in [3.05, 3.63) is 11.6 Å². The van der Waals surface area contributed by atoms with Crippen LogP contribution in [0.4, 0.5) is 0 Å². The van der Waals surface area contributed by atoms with E-state index in [-0.39, 0.29) is 17.5 Å². The van der Waals surface area contributed by atoms with E-state index in [1.807, 2.05) is 0 Å². The smallest absolute Gasteiger partial charge is 0.302 e. The monoisotopic (exact) mass is 332 g/mol. The van der Waals surface area contributed by atoms with Gasteiger partial charge in [0.2, 0.25) is 0 Å². The molecule has 3 nitrogen and oxygen atoms in total. The molecule has 3 saturated carbocycles. The molecule has 0 spiro atoms. The minimum atomic E-state index is -0.210. The number of ether oxygens (including phenoxy) is 1. The van der Waals surface area contributed by atoms with Crippen molar-refractivity contribution >= 4 is 5.97 Å². The van der Waals surface area contributed by atoms with Crippen molar-refractivity contribution in [1.29, 1.82) is 0 Å². The number of hydrogen-bond acceptors (Lipinski definition) is 3. The van der Waals surface area contributed by atoms with Crippen molar-refractivity contribution in [2.75, 3.05) is 6.61 Å². The third-order valence-corrected chi connectivity index (χ3v) is 8.12. The highest BCUT2D eigenvalue weighted by Gasteiger charge is 2.57. The maximum Gasteiger partial charge on any atom is 0.302 e. The van der Waals surface area contributed by atoms with Crippen LogP contribution in [-0.2, 0) is 9.53 Å². The first-order valence-corrected chi connectivity index (χ1v) is 9.96. The molecule has 0 aliphatic heterocycles. The van der Waals surface area contributed by atoms with Gasteiger partial charge in [-0.3, -0.25) is 4.79 Å². The molecule has 1 unspecified atom stereocenters. The van der Waals surface area contributed by atoms with E-state index in [0.717, 1.165) is 31.1 Å². The van der Waals surface area contributed by atoms with Crippen molar-refractivity contribution in [3.63, 3.8) is 0 Å². The summed E-state index contributed by atoms with van der Waals surface area (Å²) in [6.07, 6.45) is 12.8. The summed E-state index contributed by atoms with van der Waals surface area (Å²) in [5, 5.41) is 10.2. The number of allylic oxidation sites excluding steroid dienone is 1. The summed E-state index contributed by atoms with van der Waals surface area (Å²) in [6.45, 7) is 4.57. The minimum absolute atomic E-state index is 0.0116. The topological polar surface area (TPSA) is 46.5 Å². The van der Waals surface area contributed by atoms with E-state index in [0.29, 0.717) is 17.9 Å². The maximum atomic E-state index is 11.5. The molecule has 0 heterocycles. The number of rotatable bonds is 2. The number of aliphatic hydroxyl groups excluding tert-OH is 1. The van der Waals surface area contributed by atoms with Crippen LogP contribution in [0.1, 0.15) is 71.6 Å². The molecule has 4 rings (SSSR count). The highest BCUT2D eigenvalue weighted by Crippen LogP contribution is 2.64. The third-order valence-electron chi connectivity index (χ3n) is 8.12. The van der Waals surface area contributed by atoms with Crippen molar-refractivity contribution in [2.45, 2.75) is 77.7 Å². The fraction of sp³-hybridized carbons (Fsp3) is 0.857. The molecule has 134 valence electrons. The Morgan fingerprint density at radius 2 is 2.08 bits per heavy atom. The second kappa shape index (κ2) is 5.86. The zero-order valence-electron chi connectivity index (χ0n) is 15.2. The van der Waals surface area contributed by atoms with Gasteiger partial charge < -0.3 is 9.84 Å². The van der Waals surface area contributed by atoms with E-state index in [1.165, 1.54) is 51.0 Å². The minimum Gasteiger partial charge on any atom is -0.465 e.